The third-order valence-electron chi connectivity index (χ3n) is 4.37. The number of hydrogen-bond donors (Lipinski definition) is 3. The molecular weight excluding hydrogens is 412 g/mol. The number of nitrogens with one attached hydrogen (secondary N) is 2. The average Bonchev–Trinajstić information content (AvgIpc) is 3.31. The number of H-pyrrole nitrogens is 2. The molecule has 29 heavy (non-hydrogen) atoms. The number of aromatic hydroxyl groups is 1. The fourth-order valence-corrected chi connectivity index (χ4v) is 4.00. The van der Waals surface area contributed by atoms with Crippen molar-refractivity contribution in [3.8, 4) is 5.88 Å². The van der Waals surface area contributed by atoms with Gasteiger partial charge in [0.05, 0.1) is 12.2 Å². The molecule has 5 rings (SSSR count). The lowest BCUT2D eigenvalue weighted by molar-refractivity contribution is 0.454. The predicted octanol–water partition coefficient (Wildman–Crippen LogP) is 1.87. The van der Waals surface area contributed by atoms with Crippen LogP contribution < -0.4 is 16.4 Å². The van der Waals surface area contributed by atoms with E-state index in [1.807, 2.05) is 30.3 Å². The molecule has 0 saturated heterocycles. The molecule has 4 aromatic rings. The van der Waals surface area contributed by atoms with Crippen molar-refractivity contribution in [3.63, 3.8) is 0 Å². The third-order valence-corrected chi connectivity index (χ3v) is 5.52. The van der Waals surface area contributed by atoms with Crippen LogP contribution in [-0.4, -0.2) is 35.7 Å². The Bertz CT molecular complexity index is 1400. The summed E-state index contributed by atoms with van der Waals surface area (Å²) in [5.41, 5.74) is 1.08. The van der Waals surface area contributed by atoms with Crippen LogP contribution in [0.3, 0.4) is 0 Å². The largest absolute Gasteiger partial charge is 0.493 e. The molecule has 1 aliphatic carbocycles. The van der Waals surface area contributed by atoms with Crippen molar-refractivity contribution in [2.45, 2.75) is 28.8 Å². The number of aromatic nitrogens is 5. The van der Waals surface area contributed by atoms with Gasteiger partial charge in [-0.15, -0.1) is 0 Å². The lowest BCUT2D eigenvalue weighted by atomic mass is 10.3. The molecule has 3 aromatic heterocycles. The van der Waals surface area contributed by atoms with Crippen molar-refractivity contribution >= 4 is 35.1 Å². The van der Waals surface area contributed by atoms with Gasteiger partial charge in [-0.2, -0.15) is 9.61 Å². The molecule has 146 valence electrons. The smallest absolute Gasteiger partial charge is 0.326 e. The molecule has 0 bridgehead atoms. The highest BCUT2D eigenvalue weighted by atomic mass is 35.5. The Hall–Kier alpha value is -3.04. The number of imidazole rings is 1. The van der Waals surface area contributed by atoms with Gasteiger partial charge in [0.25, 0.3) is 0 Å². The Balaban J connectivity index is 1.68. The van der Waals surface area contributed by atoms with Crippen LogP contribution in [0.1, 0.15) is 18.5 Å². The van der Waals surface area contributed by atoms with Crippen molar-refractivity contribution in [2.24, 2.45) is 4.99 Å². The summed E-state index contributed by atoms with van der Waals surface area (Å²) in [5, 5.41) is 16.3. The summed E-state index contributed by atoms with van der Waals surface area (Å²) in [4.78, 5) is 26.7. The minimum Gasteiger partial charge on any atom is -0.493 e. The van der Waals surface area contributed by atoms with E-state index in [4.69, 9.17) is 21.6 Å². The van der Waals surface area contributed by atoms with Gasteiger partial charge in [0.2, 0.25) is 5.88 Å². The van der Waals surface area contributed by atoms with Crippen molar-refractivity contribution in [1.82, 2.24) is 24.6 Å². The minimum absolute atomic E-state index is 0.235. The first-order chi connectivity index (χ1) is 14.0. The number of halogens is 1. The van der Waals surface area contributed by atoms with Crippen molar-refractivity contribution in [2.75, 3.05) is 0 Å². The topological polar surface area (TPSA) is 111 Å². The summed E-state index contributed by atoms with van der Waals surface area (Å²) < 4.78 is 1.67. The van der Waals surface area contributed by atoms with E-state index in [9.17, 15) is 9.90 Å². The van der Waals surface area contributed by atoms with Gasteiger partial charge in [-0.05, 0) is 37.1 Å². The molecule has 1 saturated carbocycles. The Kier molecular flexibility index (Phi) is 4.40. The summed E-state index contributed by atoms with van der Waals surface area (Å²) >= 11 is 7.58. The molecule has 0 atom stereocenters. The number of rotatable bonds is 4. The van der Waals surface area contributed by atoms with E-state index in [1.54, 1.807) is 16.8 Å². The molecule has 0 amide bonds. The maximum atomic E-state index is 11.4. The number of fused-ring (bicyclic) bond motifs is 1. The number of aromatic amines is 2. The summed E-state index contributed by atoms with van der Waals surface area (Å²) in [7, 11) is 0. The van der Waals surface area contributed by atoms with Gasteiger partial charge in [-0.3, -0.25) is 9.98 Å². The third kappa shape index (κ3) is 3.79. The zero-order chi connectivity index (χ0) is 20.0. The number of benzene rings is 1. The van der Waals surface area contributed by atoms with Gasteiger partial charge in [0.15, 0.2) is 11.1 Å². The first kappa shape index (κ1) is 18.0. The molecule has 0 radical (unpaired) electrons. The summed E-state index contributed by atoms with van der Waals surface area (Å²) in [6.45, 7) is 0. The van der Waals surface area contributed by atoms with Crippen LogP contribution in [-0.2, 0) is 0 Å². The fraction of sp³-hybridized carbons (Fsp3) is 0.158. The molecule has 0 spiro atoms. The van der Waals surface area contributed by atoms with Crippen molar-refractivity contribution < 1.29 is 5.11 Å². The maximum absolute atomic E-state index is 11.4. The highest BCUT2D eigenvalue weighted by molar-refractivity contribution is 7.99. The molecule has 0 unspecified atom stereocenters. The predicted molar refractivity (Wildman–Crippen MR) is 109 cm³/mol. The van der Waals surface area contributed by atoms with Crippen LogP contribution in [0.5, 0.6) is 5.88 Å². The second kappa shape index (κ2) is 7.09. The molecule has 1 fully saturated rings. The first-order valence-electron chi connectivity index (χ1n) is 8.94. The second-order valence-corrected chi connectivity index (χ2v) is 8.22. The highest BCUT2D eigenvalue weighted by Crippen LogP contribution is 2.27. The number of nitrogens with zero attached hydrogens (tertiary/aromatic N) is 4. The highest BCUT2D eigenvalue weighted by Gasteiger charge is 2.20. The Morgan fingerprint density at radius 1 is 1.31 bits per heavy atom. The van der Waals surface area contributed by atoms with E-state index in [0.29, 0.717) is 27.4 Å². The Morgan fingerprint density at radius 2 is 2.17 bits per heavy atom. The fourth-order valence-electron chi connectivity index (χ4n) is 2.88. The van der Waals surface area contributed by atoms with E-state index in [1.165, 1.54) is 11.8 Å². The van der Waals surface area contributed by atoms with E-state index >= 15 is 0 Å². The van der Waals surface area contributed by atoms with Crippen molar-refractivity contribution in [1.29, 1.82) is 0 Å². The zero-order valence-corrected chi connectivity index (χ0v) is 16.5. The van der Waals surface area contributed by atoms with Crippen LogP contribution in [0.15, 0.2) is 56.2 Å². The molecular formula is C19H15ClN6O2S. The molecule has 8 nitrogen and oxygen atoms in total. The summed E-state index contributed by atoms with van der Waals surface area (Å²) in [5.74, 6) is -0.235. The molecule has 3 N–H and O–H groups in total. The Morgan fingerprint density at radius 3 is 2.90 bits per heavy atom. The maximum Gasteiger partial charge on any atom is 0.326 e. The second-order valence-electron chi connectivity index (χ2n) is 6.69. The quantitative estimate of drug-likeness (QED) is 0.431. The molecule has 10 heteroatoms. The monoisotopic (exact) mass is 426 g/mol. The van der Waals surface area contributed by atoms with Crippen LogP contribution in [0.25, 0.3) is 11.7 Å². The van der Waals surface area contributed by atoms with Gasteiger partial charge in [0, 0.05) is 21.2 Å². The van der Waals surface area contributed by atoms with Gasteiger partial charge in [-0.1, -0.05) is 29.4 Å². The van der Waals surface area contributed by atoms with Crippen LogP contribution in [0.2, 0.25) is 5.02 Å². The van der Waals surface area contributed by atoms with Crippen molar-refractivity contribution in [3.05, 3.63) is 68.4 Å². The standard InChI is InChI=1S/C19H15ClN6O2S/c20-11-2-1-3-13(7-11)29-16-8-15(22-12-4-5-12)26-17(24-16)10(9-21-26)6-14-18(27)25-19(28)23-14/h1-3,6-9,12,27H,4-5H2,(H2,23,25,28). The molecule has 3 heterocycles. The van der Waals surface area contributed by atoms with Gasteiger partial charge < -0.3 is 10.1 Å². The summed E-state index contributed by atoms with van der Waals surface area (Å²) in [6, 6.07) is 9.77. The van der Waals surface area contributed by atoms with Crippen LogP contribution >= 0.6 is 23.4 Å². The van der Waals surface area contributed by atoms with E-state index in [0.717, 1.165) is 22.8 Å². The van der Waals surface area contributed by atoms with Gasteiger partial charge in [0.1, 0.15) is 10.7 Å². The Labute approximate surface area is 173 Å². The normalized spacial score (nSPS) is 15.5. The van der Waals surface area contributed by atoms with E-state index in [2.05, 4.69) is 15.1 Å². The minimum atomic E-state index is -0.486. The molecule has 1 aliphatic rings. The summed E-state index contributed by atoms with van der Waals surface area (Å²) in [6.07, 6.45) is 5.39. The molecule has 0 aliphatic heterocycles. The molecule has 1 aromatic carbocycles. The lowest BCUT2D eigenvalue weighted by Crippen LogP contribution is -2.19. The van der Waals surface area contributed by atoms with Gasteiger partial charge in [-0.25, -0.2) is 9.78 Å². The lowest BCUT2D eigenvalue weighted by Gasteiger charge is -2.03. The first-order valence-corrected chi connectivity index (χ1v) is 10.1. The number of hydrogen-bond acceptors (Lipinski definition) is 6. The van der Waals surface area contributed by atoms with E-state index in [-0.39, 0.29) is 11.6 Å². The SMILES string of the molecule is O=c1[nH]c(O)c(C=c2cnn3c(=NC4CC4)cc(Sc4cccc(Cl)c4)nc23)[nH]1. The van der Waals surface area contributed by atoms with E-state index < -0.39 is 5.69 Å². The zero-order valence-electron chi connectivity index (χ0n) is 15.0. The van der Waals surface area contributed by atoms with Crippen LogP contribution in [0, 0.1) is 0 Å². The average molecular weight is 427 g/mol. The van der Waals surface area contributed by atoms with Crippen LogP contribution in [0.4, 0.5) is 0 Å². The van der Waals surface area contributed by atoms with Gasteiger partial charge >= 0.3 is 5.69 Å².